The van der Waals surface area contributed by atoms with Gasteiger partial charge in [-0.25, -0.2) is 8.78 Å². The second-order valence-corrected chi connectivity index (χ2v) is 2.70. The maximum Gasteiger partial charge on any atom is 0.458 e. The Morgan fingerprint density at radius 3 is 1.87 bits per heavy atom. The molecule has 0 aromatic heterocycles. The molecule has 0 spiro atoms. The van der Waals surface area contributed by atoms with Gasteiger partial charge in [0.1, 0.15) is 11.6 Å². The molecule has 0 atom stereocenters. The molecule has 0 amide bonds. The highest BCUT2D eigenvalue weighted by Crippen LogP contribution is 2.44. The predicted octanol–water partition coefficient (Wildman–Crippen LogP) is 3.62. The number of halogens is 7. The Bertz CT molecular complexity index is 366. The minimum atomic E-state index is -5.96. The Hall–Kier alpha value is -1.27. The molecule has 0 saturated heterocycles. The van der Waals surface area contributed by atoms with Crippen molar-refractivity contribution in [2.24, 2.45) is 0 Å². The summed E-state index contributed by atoms with van der Waals surface area (Å²) in [5.41, 5.74) is -2.02. The molecule has 0 unspecified atom stereocenters. The fourth-order valence-electron chi connectivity index (χ4n) is 0.891. The van der Waals surface area contributed by atoms with E-state index in [-0.39, 0.29) is 12.1 Å². The van der Waals surface area contributed by atoms with E-state index in [4.69, 9.17) is 0 Å². The van der Waals surface area contributed by atoms with Crippen molar-refractivity contribution < 1.29 is 30.7 Å². The summed E-state index contributed by atoms with van der Waals surface area (Å²) < 4.78 is 85.6. The van der Waals surface area contributed by atoms with E-state index in [0.717, 1.165) is 0 Å². The normalized spacial score (nSPS) is 13.0. The van der Waals surface area contributed by atoms with E-state index in [2.05, 4.69) is 0 Å². The van der Waals surface area contributed by atoms with Crippen LogP contribution in [0.15, 0.2) is 18.2 Å². The molecule has 0 aliphatic rings. The number of hydrogen-bond donors (Lipinski definition) is 0. The summed E-state index contributed by atoms with van der Waals surface area (Å²) in [6.07, 6.45) is -5.96. The topological polar surface area (TPSA) is 0 Å². The van der Waals surface area contributed by atoms with Crippen molar-refractivity contribution in [2.45, 2.75) is 12.1 Å². The molecule has 0 aliphatic heterocycles. The molecule has 7 heteroatoms. The van der Waals surface area contributed by atoms with Crippen molar-refractivity contribution in [1.82, 2.24) is 0 Å². The fourth-order valence-corrected chi connectivity index (χ4v) is 0.891. The Labute approximate surface area is 79.3 Å². The molecule has 1 rings (SSSR count). The first-order valence-electron chi connectivity index (χ1n) is 3.56. The average molecular weight is 232 g/mol. The molecule has 15 heavy (non-hydrogen) atoms. The highest BCUT2D eigenvalue weighted by Gasteiger charge is 2.60. The summed E-state index contributed by atoms with van der Waals surface area (Å²) in [5, 5.41) is 0. The SMILES string of the molecule is Fc1ccc(F)c(C(F)(F)C(F)(F)F)c1. The standard InChI is InChI=1S/C8H3F7/c9-4-1-2-6(10)5(3-4)7(11,12)8(13,14)15/h1-3H. The lowest BCUT2D eigenvalue weighted by molar-refractivity contribution is -0.290. The number of hydrogen-bond acceptors (Lipinski definition) is 0. The molecule has 0 saturated carbocycles. The van der Waals surface area contributed by atoms with E-state index >= 15 is 0 Å². The van der Waals surface area contributed by atoms with Crippen molar-refractivity contribution in [3.05, 3.63) is 35.4 Å². The highest BCUT2D eigenvalue weighted by molar-refractivity contribution is 5.24. The summed E-state index contributed by atoms with van der Waals surface area (Å²) in [4.78, 5) is 0. The first-order chi connectivity index (χ1) is 6.66. The van der Waals surface area contributed by atoms with E-state index in [0.29, 0.717) is 6.07 Å². The molecule has 0 fully saturated rings. The Balaban J connectivity index is 3.32. The number of rotatable bonds is 1. The van der Waals surface area contributed by atoms with Crippen LogP contribution in [-0.4, -0.2) is 6.18 Å². The lowest BCUT2D eigenvalue weighted by Crippen LogP contribution is -2.34. The van der Waals surface area contributed by atoms with Gasteiger partial charge in [0, 0.05) is 0 Å². The van der Waals surface area contributed by atoms with Crippen LogP contribution in [-0.2, 0) is 5.92 Å². The minimum Gasteiger partial charge on any atom is -0.207 e. The quantitative estimate of drug-likeness (QED) is 0.648. The second kappa shape index (κ2) is 3.39. The molecule has 1 aromatic rings. The molecule has 0 heterocycles. The van der Waals surface area contributed by atoms with E-state index in [1.165, 1.54) is 0 Å². The van der Waals surface area contributed by atoms with Gasteiger partial charge in [0.15, 0.2) is 0 Å². The molecule has 0 bridgehead atoms. The molecule has 0 nitrogen and oxygen atoms in total. The molecule has 1 aromatic carbocycles. The van der Waals surface area contributed by atoms with E-state index in [1.54, 1.807) is 0 Å². The Kier molecular flexibility index (Phi) is 2.67. The van der Waals surface area contributed by atoms with Crippen LogP contribution in [0, 0.1) is 11.6 Å². The molecular weight excluding hydrogens is 229 g/mol. The van der Waals surface area contributed by atoms with Gasteiger partial charge in [-0.2, -0.15) is 22.0 Å². The molecule has 0 radical (unpaired) electrons. The van der Waals surface area contributed by atoms with Gasteiger partial charge < -0.3 is 0 Å². The maximum atomic E-state index is 12.6. The first-order valence-corrected chi connectivity index (χ1v) is 3.56. The Morgan fingerprint density at radius 1 is 0.867 bits per heavy atom. The van der Waals surface area contributed by atoms with Crippen LogP contribution in [0.1, 0.15) is 5.56 Å². The van der Waals surface area contributed by atoms with Crippen molar-refractivity contribution in [1.29, 1.82) is 0 Å². The van der Waals surface area contributed by atoms with Crippen LogP contribution in [0.2, 0.25) is 0 Å². The second-order valence-electron chi connectivity index (χ2n) is 2.70. The fraction of sp³-hybridized carbons (Fsp3) is 0.250. The van der Waals surface area contributed by atoms with Gasteiger partial charge in [0.2, 0.25) is 0 Å². The molecular formula is C8H3F7. The van der Waals surface area contributed by atoms with Crippen molar-refractivity contribution in [2.75, 3.05) is 0 Å². The van der Waals surface area contributed by atoms with Gasteiger partial charge in [-0.1, -0.05) is 0 Å². The molecule has 0 N–H and O–H groups in total. The van der Waals surface area contributed by atoms with E-state index in [1.807, 2.05) is 0 Å². The highest BCUT2D eigenvalue weighted by atomic mass is 19.4. The zero-order chi connectivity index (χ0) is 11.9. The van der Waals surface area contributed by atoms with E-state index in [9.17, 15) is 30.7 Å². The van der Waals surface area contributed by atoms with Crippen molar-refractivity contribution in [3.8, 4) is 0 Å². The van der Waals surface area contributed by atoms with Gasteiger partial charge >= 0.3 is 12.1 Å². The number of benzene rings is 1. The predicted molar refractivity (Wildman–Crippen MR) is 36.3 cm³/mol. The van der Waals surface area contributed by atoms with Crippen LogP contribution in [0.3, 0.4) is 0 Å². The summed E-state index contributed by atoms with van der Waals surface area (Å²) in [5.74, 6) is -8.58. The van der Waals surface area contributed by atoms with Crippen molar-refractivity contribution >= 4 is 0 Å². The van der Waals surface area contributed by atoms with Crippen LogP contribution in [0.5, 0.6) is 0 Å². The van der Waals surface area contributed by atoms with Gasteiger partial charge in [-0.05, 0) is 18.2 Å². The first kappa shape index (κ1) is 11.8. The molecule has 0 aliphatic carbocycles. The number of alkyl halides is 5. The van der Waals surface area contributed by atoms with Crippen LogP contribution < -0.4 is 0 Å². The summed E-state index contributed by atoms with van der Waals surface area (Å²) >= 11 is 0. The Morgan fingerprint density at radius 2 is 1.40 bits per heavy atom. The van der Waals surface area contributed by atoms with E-state index < -0.39 is 29.3 Å². The lowest BCUT2D eigenvalue weighted by Gasteiger charge is -2.20. The van der Waals surface area contributed by atoms with Crippen LogP contribution in [0.25, 0.3) is 0 Å². The van der Waals surface area contributed by atoms with Gasteiger partial charge in [-0.15, -0.1) is 0 Å². The maximum absolute atomic E-state index is 12.6. The van der Waals surface area contributed by atoms with Gasteiger partial charge in [-0.3, -0.25) is 0 Å². The van der Waals surface area contributed by atoms with Crippen LogP contribution >= 0.6 is 0 Å². The summed E-state index contributed by atoms with van der Waals surface area (Å²) in [6, 6.07) is 0.485. The third-order valence-corrected chi connectivity index (χ3v) is 1.62. The minimum absolute atomic E-state index is 0.178. The van der Waals surface area contributed by atoms with Gasteiger partial charge in [0.05, 0.1) is 5.56 Å². The smallest absolute Gasteiger partial charge is 0.207 e. The largest absolute Gasteiger partial charge is 0.458 e. The zero-order valence-electron chi connectivity index (χ0n) is 6.88. The van der Waals surface area contributed by atoms with Crippen LogP contribution in [0.4, 0.5) is 30.7 Å². The third kappa shape index (κ3) is 2.05. The van der Waals surface area contributed by atoms with Crippen molar-refractivity contribution in [3.63, 3.8) is 0 Å². The lowest BCUT2D eigenvalue weighted by atomic mass is 10.1. The molecule has 84 valence electrons. The summed E-state index contributed by atoms with van der Waals surface area (Å²) in [6.45, 7) is 0. The third-order valence-electron chi connectivity index (χ3n) is 1.62. The zero-order valence-corrected chi connectivity index (χ0v) is 6.88. The average Bonchev–Trinajstić information content (AvgIpc) is 2.07. The summed E-state index contributed by atoms with van der Waals surface area (Å²) in [7, 11) is 0. The monoisotopic (exact) mass is 232 g/mol. The van der Waals surface area contributed by atoms with Gasteiger partial charge in [0.25, 0.3) is 0 Å².